The van der Waals surface area contributed by atoms with E-state index in [4.69, 9.17) is 10.6 Å². The fraction of sp³-hybridized carbons (Fsp3) is 0.273. The molecule has 4 N–H and O–H groups in total. The van der Waals surface area contributed by atoms with Gasteiger partial charge in [-0.2, -0.15) is 0 Å². The Hall–Kier alpha value is -3.28. The summed E-state index contributed by atoms with van der Waals surface area (Å²) in [6, 6.07) is 3.01. The number of benzene rings is 1. The molecule has 0 atom stereocenters. The minimum Gasteiger partial charge on any atom is -0.480 e. The molecule has 1 aromatic rings. The molecule has 23 heavy (non-hydrogen) atoms. The van der Waals surface area contributed by atoms with Crippen LogP contribution < -0.4 is 16.7 Å². The molecule has 124 valence electrons. The van der Waals surface area contributed by atoms with Crippen LogP contribution in [0, 0.1) is 20.2 Å². The second-order valence-electron chi connectivity index (χ2n) is 4.01. The normalized spacial score (nSPS) is 10.8. The molecule has 0 radical (unpaired) electrons. The highest BCUT2D eigenvalue weighted by Crippen LogP contribution is 2.28. The average molecular weight is 326 g/mol. The topological polar surface area (TPSA) is 175 Å². The third-order valence-electron chi connectivity index (χ3n) is 2.47. The Morgan fingerprint density at radius 2 is 2.04 bits per heavy atom. The molecule has 1 aromatic carbocycles. The first-order valence-electron chi connectivity index (χ1n) is 6.26. The van der Waals surface area contributed by atoms with Gasteiger partial charge in [-0.3, -0.25) is 35.9 Å². The van der Waals surface area contributed by atoms with Crippen LogP contribution in [0.15, 0.2) is 23.3 Å². The summed E-state index contributed by atoms with van der Waals surface area (Å²) in [5.41, 5.74) is 3.18. The molecule has 0 aliphatic heterocycles. The lowest BCUT2D eigenvalue weighted by molar-refractivity contribution is -0.393. The first kappa shape index (κ1) is 17.8. The number of nitro groups is 2. The van der Waals surface area contributed by atoms with Gasteiger partial charge in [-0.25, -0.2) is 5.84 Å². The van der Waals surface area contributed by atoms with Crippen molar-refractivity contribution in [2.75, 3.05) is 12.0 Å². The predicted octanol–water partition coefficient (Wildman–Crippen LogP) is 0.645. The van der Waals surface area contributed by atoms with E-state index < -0.39 is 27.1 Å². The molecule has 0 bridgehead atoms. The number of ether oxygens (including phenoxy) is 1. The molecule has 0 saturated carbocycles. The standard InChI is InChI=1S/C11H14N6O6/c1-2-23-11(6-10(18)13-12)15-14-8-4-3-7(16(19)20)5-9(8)17(21)22/h3-5,14H,2,6,12H2,1H3,(H,13,18). The van der Waals surface area contributed by atoms with E-state index in [0.29, 0.717) is 0 Å². The lowest BCUT2D eigenvalue weighted by atomic mass is 10.2. The van der Waals surface area contributed by atoms with Crippen LogP contribution in [0.2, 0.25) is 0 Å². The van der Waals surface area contributed by atoms with Gasteiger partial charge >= 0.3 is 5.69 Å². The van der Waals surface area contributed by atoms with E-state index in [2.05, 4.69) is 10.5 Å². The zero-order valence-corrected chi connectivity index (χ0v) is 12.0. The quantitative estimate of drug-likeness (QED) is 0.163. The zero-order valence-electron chi connectivity index (χ0n) is 12.0. The summed E-state index contributed by atoms with van der Waals surface area (Å²) in [6.07, 6.45) is -0.280. The van der Waals surface area contributed by atoms with E-state index >= 15 is 0 Å². The van der Waals surface area contributed by atoms with E-state index in [1.54, 1.807) is 6.92 Å². The number of hydrazone groups is 1. The summed E-state index contributed by atoms with van der Waals surface area (Å²) in [7, 11) is 0. The summed E-state index contributed by atoms with van der Waals surface area (Å²) in [5.74, 6) is 4.32. The van der Waals surface area contributed by atoms with Crippen molar-refractivity contribution in [2.24, 2.45) is 10.9 Å². The van der Waals surface area contributed by atoms with E-state index in [-0.39, 0.29) is 24.6 Å². The maximum Gasteiger partial charge on any atom is 0.301 e. The summed E-state index contributed by atoms with van der Waals surface area (Å²) in [6.45, 7) is 1.87. The van der Waals surface area contributed by atoms with Crippen LogP contribution in [0.25, 0.3) is 0 Å². The van der Waals surface area contributed by atoms with Crippen molar-refractivity contribution in [3.63, 3.8) is 0 Å². The van der Waals surface area contributed by atoms with Crippen molar-refractivity contribution in [3.8, 4) is 0 Å². The Labute approximate surface area is 129 Å². The average Bonchev–Trinajstić information content (AvgIpc) is 2.52. The number of carbonyl (C=O) groups is 1. The molecular formula is C11H14N6O6. The van der Waals surface area contributed by atoms with Gasteiger partial charge in [-0.05, 0) is 13.0 Å². The third-order valence-corrected chi connectivity index (χ3v) is 2.47. The highest BCUT2D eigenvalue weighted by Gasteiger charge is 2.19. The lowest BCUT2D eigenvalue weighted by Crippen LogP contribution is -2.32. The Morgan fingerprint density at radius 1 is 1.35 bits per heavy atom. The fourth-order valence-corrected chi connectivity index (χ4v) is 1.48. The van der Waals surface area contributed by atoms with E-state index in [9.17, 15) is 25.0 Å². The van der Waals surface area contributed by atoms with Crippen LogP contribution in [0.3, 0.4) is 0 Å². The Kier molecular flexibility index (Phi) is 6.36. The molecule has 1 rings (SSSR count). The predicted molar refractivity (Wildman–Crippen MR) is 79.4 cm³/mol. The van der Waals surface area contributed by atoms with Crippen LogP contribution in [-0.2, 0) is 9.53 Å². The number of rotatable bonds is 7. The number of anilines is 1. The summed E-state index contributed by atoms with van der Waals surface area (Å²) < 4.78 is 5.09. The van der Waals surface area contributed by atoms with Crippen LogP contribution in [-0.4, -0.2) is 28.3 Å². The van der Waals surface area contributed by atoms with Crippen molar-refractivity contribution in [1.82, 2.24) is 5.43 Å². The molecule has 0 aliphatic carbocycles. The highest BCUT2D eigenvalue weighted by atomic mass is 16.6. The van der Waals surface area contributed by atoms with Gasteiger partial charge in [-0.15, -0.1) is 5.10 Å². The van der Waals surface area contributed by atoms with Gasteiger partial charge in [0.2, 0.25) is 11.8 Å². The van der Waals surface area contributed by atoms with Gasteiger partial charge in [-0.1, -0.05) is 0 Å². The monoisotopic (exact) mass is 326 g/mol. The lowest BCUT2D eigenvalue weighted by Gasteiger charge is -2.07. The van der Waals surface area contributed by atoms with Gasteiger partial charge in [0.05, 0.1) is 22.5 Å². The second-order valence-corrected chi connectivity index (χ2v) is 4.01. The van der Waals surface area contributed by atoms with Crippen molar-refractivity contribution < 1.29 is 19.4 Å². The number of hydrazine groups is 1. The number of nitrogens with one attached hydrogen (secondary N) is 2. The molecule has 0 spiro atoms. The van der Waals surface area contributed by atoms with Crippen molar-refractivity contribution in [3.05, 3.63) is 38.4 Å². The minimum absolute atomic E-state index is 0.0527. The molecule has 0 heterocycles. The summed E-state index contributed by atoms with van der Waals surface area (Å²) >= 11 is 0. The third kappa shape index (κ3) is 5.20. The summed E-state index contributed by atoms with van der Waals surface area (Å²) in [5, 5.41) is 25.4. The second kappa shape index (κ2) is 8.23. The maximum absolute atomic E-state index is 11.2. The number of hydrogen-bond acceptors (Lipinski definition) is 9. The molecular weight excluding hydrogens is 312 g/mol. The van der Waals surface area contributed by atoms with Crippen LogP contribution in [0.5, 0.6) is 0 Å². The van der Waals surface area contributed by atoms with Gasteiger partial charge < -0.3 is 4.74 Å². The van der Waals surface area contributed by atoms with E-state index in [0.717, 1.165) is 18.2 Å². The minimum atomic E-state index is -0.794. The van der Waals surface area contributed by atoms with Gasteiger partial charge in [0, 0.05) is 6.07 Å². The SMILES string of the molecule is CCOC(CC(=O)NN)=NNc1ccc([N+](=O)[O-])cc1[N+](=O)[O-]. The number of nitrogens with zero attached hydrogens (tertiary/aromatic N) is 3. The number of nitro benzene ring substituents is 2. The number of amides is 1. The van der Waals surface area contributed by atoms with Gasteiger partial charge in [0.25, 0.3) is 5.69 Å². The van der Waals surface area contributed by atoms with Crippen molar-refractivity contribution in [2.45, 2.75) is 13.3 Å². The highest BCUT2D eigenvalue weighted by molar-refractivity contribution is 5.97. The number of non-ortho nitro benzene ring substituents is 1. The number of carbonyl (C=O) groups excluding carboxylic acids is 1. The number of nitrogens with two attached hydrogens (primary N) is 1. The van der Waals surface area contributed by atoms with Gasteiger partial charge in [0.15, 0.2) is 0 Å². The summed E-state index contributed by atoms with van der Waals surface area (Å²) in [4.78, 5) is 31.3. The Morgan fingerprint density at radius 3 is 2.57 bits per heavy atom. The molecule has 0 aliphatic rings. The largest absolute Gasteiger partial charge is 0.480 e. The Bertz CT molecular complexity index is 646. The van der Waals surface area contributed by atoms with E-state index in [1.807, 2.05) is 5.43 Å². The molecule has 0 unspecified atom stereocenters. The molecule has 0 saturated heterocycles. The first-order valence-corrected chi connectivity index (χ1v) is 6.26. The molecule has 12 nitrogen and oxygen atoms in total. The smallest absolute Gasteiger partial charge is 0.301 e. The first-order chi connectivity index (χ1) is 10.9. The van der Waals surface area contributed by atoms with Gasteiger partial charge in [0.1, 0.15) is 12.1 Å². The molecule has 0 aromatic heterocycles. The molecule has 12 heteroatoms. The van der Waals surface area contributed by atoms with Crippen molar-refractivity contribution >= 4 is 28.9 Å². The molecule has 1 amide bonds. The zero-order chi connectivity index (χ0) is 17.4. The Balaban J connectivity index is 3.05. The fourth-order valence-electron chi connectivity index (χ4n) is 1.48. The molecule has 0 fully saturated rings. The maximum atomic E-state index is 11.2. The van der Waals surface area contributed by atoms with E-state index in [1.165, 1.54) is 0 Å². The van der Waals surface area contributed by atoms with Crippen molar-refractivity contribution in [1.29, 1.82) is 0 Å². The van der Waals surface area contributed by atoms with Crippen LogP contribution in [0.1, 0.15) is 13.3 Å². The van der Waals surface area contributed by atoms with Crippen LogP contribution >= 0.6 is 0 Å². The van der Waals surface area contributed by atoms with Crippen LogP contribution in [0.4, 0.5) is 17.1 Å². The number of hydrogen-bond donors (Lipinski definition) is 3.